The summed E-state index contributed by atoms with van der Waals surface area (Å²) in [4.78, 5) is 43.9. The normalized spacial score (nSPS) is 15.2. The zero-order chi connectivity index (χ0) is 27.8. The third-order valence-corrected chi connectivity index (χ3v) is 7.21. The molecule has 1 fully saturated rings. The molecule has 1 amide bonds. The highest BCUT2D eigenvalue weighted by molar-refractivity contribution is 5.82. The van der Waals surface area contributed by atoms with Crippen LogP contribution in [0.15, 0.2) is 35.4 Å². The molecule has 1 aliphatic rings. The first-order valence-corrected chi connectivity index (χ1v) is 13.9. The van der Waals surface area contributed by atoms with Gasteiger partial charge >= 0.3 is 0 Å². The Hall–Kier alpha value is -3.53. The van der Waals surface area contributed by atoms with Crippen LogP contribution >= 0.6 is 0 Å². The second kappa shape index (κ2) is 13.5. The van der Waals surface area contributed by atoms with Crippen LogP contribution in [0.3, 0.4) is 0 Å². The van der Waals surface area contributed by atoms with Gasteiger partial charge in [-0.15, -0.1) is 0 Å². The summed E-state index contributed by atoms with van der Waals surface area (Å²) in [5.74, 6) is 1.31. The minimum atomic E-state index is -0.271. The number of hydrogen-bond acceptors (Lipinski definition) is 8. The number of likely N-dealkylation sites (N-methyl/N-ethyl adjacent to an activating group) is 1. The van der Waals surface area contributed by atoms with Gasteiger partial charge in [0.25, 0.3) is 5.56 Å². The predicted molar refractivity (Wildman–Crippen MR) is 152 cm³/mol. The van der Waals surface area contributed by atoms with Crippen LogP contribution in [-0.2, 0) is 16.1 Å². The first kappa shape index (κ1) is 28.5. The summed E-state index contributed by atoms with van der Waals surface area (Å²) in [6.07, 6.45) is 8.89. The molecule has 10 nitrogen and oxygen atoms in total. The summed E-state index contributed by atoms with van der Waals surface area (Å²) in [7, 11) is 3.32. The molecule has 3 aromatic rings. The van der Waals surface area contributed by atoms with Gasteiger partial charge in [0.2, 0.25) is 11.8 Å². The van der Waals surface area contributed by atoms with Crippen LogP contribution in [0.25, 0.3) is 22.3 Å². The van der Waals surface area contributed by atoms with Crippen LogP contribution in [0, 0.1) is 5.92 Å². The van der Waals surface area contributed by atoms with Gasteiger partial charge in [0.05, 0.1) is 25.8 Å². The number of nitrogens with zero attached hydrogens (tertiary/aromatic N) is 6. The lowest BCUT2D eigenvalue weighted by molar-refractivity contribution is -0.128. The zero-order valence-electron chi connectivity index (χ0n) is 23.6. The van der Waals surface area contributed by atoms with Crippen LogP contribution in [0.4, 0.5) is 5.82 Å². The molecule has 0 N–H and O–H groups in total. The summed E-state index contributed by atoms with van der Waals surface area (Å²) >= 11 is 0. The van der Waals surface area contributed by atoms with Gasteiger partial charge < -0.3 is 19.3 Å². The van der Waals surface area contributed by atoms with E-state index in [-0.39, 0.29) is 23.8 Å². The van der Waals surface area contributed by atoms with Gasteiger partial charge in [0.15, 0.2) is 11.5 Å². The summed E-state index contributed by atoms with van der Waals surface area (Å²) in [6, 6.07) is 5.58. The Kier molecular flexibility index (Phi) is 9.86. The van der Waals surface area contributed by atoms with Gasteiger partial charge in [0.1, 0.15) is 0 Å². The van der Waals surface area contributed by atoms with Gasteiger partial charge in [0, 0.05) is 62.9 Å². The van der Waals surface area contributed by atoms with Crippen molar-refractivity contribution in [3.63, 3.8) is 0 Å². The van der Waals surface area contributed by atoms with Crippen molar-refractivity contribution in [2.24, 2.45) is 5.92 Å². The Bertz CT molecular complexity index is 1310. The monoisotopic (exact) mass is 536 g/mol. The fourth-order valence-electron chi connectivity index (χ4n) is 4.98. The first-order valence-electron chi connectivity index (χ1n) is 13.9. The lowest BCUT2D eigenvalue weighted by Gasteiger charge is -2.23. The topological polar surface area (TPSA) is 103 Å². The minimum absolute atomic E-state index is 0.0194. The fourth-order valence-corrected chi connectivity index (χ4v) is 4.98. The van der Waals surface area contributed by atoms with Gasteiger partial charge in [-0.3, -0.25) is 14.2 Å². The van der Waals surface area contributed by atoms with E-state index in [0.717, 1.165) is 43.5 Å². The van der Waals surface area contributed by atoms with E-state index in [1.807, 2.05) is 24.0 Å². The Balaban J connectivity index is 1.61. The quantitative estimate of drug-likeness (QED) is 0.304. The van der Waals surface area contributed by atoms with E-state index < -0.39 is 0 Å². The van der Waals surface area contributed by atoms with E-state index in [1.54, 1.807) is 42.1 Å². The smallest absolute Gasteiger partial charge is 0.294 e. The number of rotatable bonds is 13. The number of fused-ring (bicyclic) bond motifs is 1. The fraction of sp³-hybridized carbons (Fsp3) is 0.552. The molecule has 4 rings (SSSR count). The molecule has 39 heavy (non-hydrogen) atoms. The van der Waals surface area contributed by atoms with Crippen molar-refractivity contribution in [3.8, 4) is 17.0 Å². The van der Waals surface area contributed by atoms with E-state index in [4.69, 9.17) is 9.47 Å². The highest BCUT2D eigenvalue weighted by Crippen LogP contribution is 2.24. The molecule has 0 spiro atoms. The van der Waals surface area contributed by atoms with Crippen LogP contribution in [0.1, 0.15) is 46.0 Å². The first-order chi connectivity index (χ1) is 18.9. The summed E-state index contributed by atoms with van der Waals surface area (Å²) in [5, 5.41) is 0. The number of carbonyl (C=O) groups excluding carboxylic acids is 1. The molecule has 0 saturated carbocycles. The summed E-state index contributed by atoms with van der Waals surface area (Å²) in [6.45, 7) is 7.25. The summed E-state index contributed by atoms with van der Waals surface area (Å²) in [5.41, 5.74) is 2.43. The maximum absolute atomic E-state index is 13.7. The highest BCUT2D eigenvalue weighted by atomic mass is 16.5. The molecule has 0 radical (unpaired) electrons. The van der Waals surface area contributed by atoms with E-state index in [0.29, 0.717) is 42.7 Å². The van der Waals surface area contributed by atoms with Crippen molar-refractivity contribution >= 4 is 22.9 Å². The maximum Gasteiger partial charge on any atom is 0.294 e. The molecule has 1 unspecified atom stereocenters. The molecule has 4 heterocycles. The summed E-state index contributed by atoms with van der Waals surface area (Å²) < 4.78 is 12.5. The Morgan fingerprint density at radius 1 is 1.13 bits per heavy atom. The van der Waals surface area contributed by atoms with Crippen molar-refractivity contribution in [2.75, 3.05) is 51.9 Å². The van der Waals surface area contributed by atoms with Crippen LogP contribution in [0.2, 0.25) is 0 Å². The van der Waals surface area contributed by atoms with Crippen molar-refractivity contribution in [1.29, 1.82) is 0 Å². The molecule has 1 atom stereocenters. The lowest BCUT2D eigenvalue weighted by Crippen LogP contribution is -2.41. The number of ether oxygens (including phenoxy) is 2. The molecule has 0 aliphatic carbocycles. The van der Waals surface area contributed by atoms with Gasteiger partial charge in [-0.1, -0.05) is 26.7 Å². The van der Waals surface area contributed by atoms with Crippen molar-refractivity contribution in [3.05, 3.63) is 40.9 Å². The maximum atomic E-state index is 13.7. The molecule has 0 aromatic carbocycles. The van der Waals surface area contributed by atoms with Gasteiger partial charge in [-0.05, 0) is 37.3 Å². The number of hydrogen-bond donors (Lipinski definition) is 0. The second-order valence-corrected chi connectivity index (χ2v) is 10.2. The number of likely N-dealkylation sites (tertiary alicyclic amines) is 1. The van der Waals surface area contributed by atoms with Gasteiger partial charge in [-0.25, -0.2) is 15.0 Å². The highest BCUT2D eigenvalue weighted by Gasteiger charge is 2.27. The Morgan fingerprint density at radius 3 is 2.67 bits per heavy atom. The van der Waals surface area contributed by atoms with Crippen LogP contribution < -0.4 is 15.2 Å². The molecular weight excluding hydrogens is 496 g/mol. The molecule has 210 valence electrons. The number of anilines is 1. The van der Waals surface area contributed by atoms with Crippen molar-refractivity contribution < 1.29 is 14.3 Å². The number of unbranched alkanes of at least 4 members (excludes halogenated alkanes) is 1. The molecule has 1 saturated heterocycles. The third kappa shape index (κ3) is 6.92. The lowest BCUT2D eigenvalue weighted by atomic mass is 10.0. The number of carbonyl (C=O) groups is 1. The van der Waals surface area contributed by atoms with E-state index in [1.165, 1.54) is 12.8 Å². The SMILES string of the molecule is CCCCC1CCN(C(=O)CN(C)c2nc3ncc(-c4ccc(OC)nc4)cc3n(CCOCCC)c2=O)C1. The second-order valence-electron chi connectivity index (χ2n) is 10.2. The predicted octanol–water partition coefficient (Wildman–Crippen LogP) is 3.76. The average Bonchev–Trinajstić information content (AvgIpc) is 3.44. The van der Waals surface area contributed by atoms with Crippen molar-refractivity contribution in [2.45, 2.75) is 52.5 Å². The zero-order valence-corrected chi connectivity index (χ0v) is 23.6. The van der Waals surface area contributed by atoms with E-state index in [9.17, 15) is 9.59 Å². The molecule has 0 bridgehead atoms. The van der Waals surface area contributed by atoms with Crippen LogP contribution in [-0.4, -0.2) is 77.3 Å². The number of methoxy groups -OCH3 is 1. The third-order valence-electron chi connectivity index (χ3n) is 7.21. The molecule has 1 aliphatic heterocycles. The standard InChI is InChI=1S/C29H40N6O4/c1-5-7-8-21-11-12-34(19-21)26(36)20-33(3)28-29(37)35(13-15-39-14-6-2)24-16-23(18-31-27(24)32-28)22-9-10-25(38-4)30-17-22/h9-10,16-18,21H,5-8,11-15,19-20H2,1-4H3. The molecular formula is C29H40N6O4. The Labute approximate surface area is 230 Å². The van der Waals surface area contributed by atoms with Gasteiger partial charge in [-0.2, -0.15) is 0 Å². The molecule has 3 aromatic heterocycles. The number of amides is 1. The average molecular weight is 537 g/mol. The minimum Gasteiger partial charge on any atom is -0.481 e. The van der Waals surface area contributed by atoms with E-state index >= 15 is 0 Å². The number of aromatic nitrogens is 4. The van der Waals surface area contributed by atoms with Crippen LogP contribution in [0.5, 0.6) is 5.88 Å². The van der Waals surface area contributed by atoms with E-state index in [2.05, 4.69) is 21.9 Å². The largest absolute Gasteiger partial charge is 0.481 e. The number of pyridine rings is 2. The molecule has 10 heteroatoms. The van der Waals surface area contributed by atoms with Crippen molar-refractivity contribution in [1.82, 2.24) is 24.4 Å². The Morgan fingerprint density at radius 2 is 1.95 bits per heavy atom.